The molecule has 2 aromatic rings. The van der Waals surface area contributed by atoms with Crippen molar-refractivity contribution in [1.82, 2.24) is 9.99 Å². The quantitative estimate of drug-likeness (QED) is 0.733. The predicted octanol–water partition coefficient (Wildman–Crippen LogP) is 1.76. The van der Waals surface area contributed by atoms with Crippen LogP contribution in [0.3, 0.4) is 0 Å². The number of hydrazine groups is 1. The number of halogens is 3. The van der Waals surface area contributed by atoms with Gasteiger partial charge >= 0.3 is 0 Å². The lowest BCUT2D eigenvalue weighted by Gasteiger charge is -2.21. The molecule has 10 heteroatoms. The molecule has 1 aromatic heterocycles. The van der Waals surface area contributed by atoms with Crippen LogP contribution in [0.4, 0.5) is 25.8 Å². The molecular formula is C14H13BrF2N6O. The second kappa shape index (κ2) is 6.30. The number of pyridine rings is 1. The van der Waals surface area contributed by atoms with Crippen molar-refractivity contribution in [2.24, 2.45) is 17.8 Å². The first-order valence-electron chi connectivity index (χ1n) is 6.82. The lowest BCUT2D eigenvalue weighted by molar-refractivity contribution is 0.583. The number of hydrogen-bond acceptors (Lipinski definition) is 6. The van der Waals surface area contributed by atoms with Gasteiger partial charge in [-0.2, -0.15) is 9.82 Å². The van der Waals surface area contributed by atoms with Crippen LogP contribution in [0.2, 0.25) is 0 Å². The Morgan fingerprint density at radius 3 is 2.79 bits per heavy atom. The van der Waals surface area contributed by atoms with Crippen molar-refractivity contribution in [1.29, 1.82) is 0 Å². The van der Waals surface area contributed by atoms with Crippen molar-refractivity contribution >= 4 is 39.3 Å². The zero-order chi connectivity index (χ0) is 17.4. The molecule has 0 spiro atoms. The Bertz CT molecular complexity index is 884. The maximum atomic E-state index is 14.5. The number of nitrogens with one attached hydrogen (secondary N) is 2. The Morgan fingerprint density at radius 2 is 2.17 bits per heavy atom. The smallest absolute Gasteiger partial charge is 0.288 e. The van der Waals surface area contributed by atoms with Crippen LogP contribution in [-0.4, -0.2) is 17.2 Å². The van der Waals surface area contributed by atoms with Crippen LogP contribution in [-0.2, 0) is 7.05 Å². The fourth-order valence-corrected chi connectivity index (χ4v) is 2.52. The number of nitrogens with zero attached hydrogens (tertiary/aromatic N) is 3. The Morgan fingerprint density at radius 1 is 1.42 bits per heavy atom. The zero-order valence-electron chi connectivity index (χ0n) is 12.4. The van der Waals surface area contributed by atoms with Gasteiger partial charge in [0, 0.05) is 17.7 Å². The van der Waals surface area contributed by atoms with E-state index in [1.807, 2.05) is 0 Å². The summed E-state index contributed by atoms with van der Waals surface area (Å²) < 4.78 is 30.2. The molecule has 1 unspecified atom stereocenters. The number of rotatable bonds is 3. The standard InChI is InChI=1S/C14H13BrF2N6O/c1-22-5-10(23-6-19-14(18)21-23)12(11(17)13(22)24)20-9-3-2-7(15)4-8(9)16/h2-6,14,20-21H,18H2,1H3. The lowest BCUT2D eigenvalue weighted by Crippen LogP contribution is -2.42. The number of aromatic nitrogens is 1. The second-order valence-electron chi connectivity index (χ2n) is 5.08. The van der Waals surface area contributed by atoms with Gasteiger partial charge in [0.25, 0.3) is 5.56 Å². The number of aliphatic imine (C=N–C) groups is 1. The molecule has 126 valence electrons. The van der Waals surface area contributed by atoms with Crippen molar-refractivity contribution in [3.63, 3.8) is 0 Å². The summed E-state index contributed by atoms with van der Waals surface area (Å²) in [5.74, 6) is -1.65. The monoisotopic (exact) mass is 398 g/mol. The van der Waals surface area contributed by atoms with Crippen molar-refractivity contribution in [2.75, 3.05) is 10.3 Å². The SMILES string of the molecule is Cn1cc(N2C=NC(N)N2)c(Nc2ccc(Br)cc2F)c(F)c1=O. The van der Waals surface area contributed by atoms with E-state index in [0.717, 1.165) is 4.57 Å². The van der Waals surface area contributed by atoms with Crippen molar-refractivity contribution in [2.45, 2.75) is 6.29 Å². The minimum atomic E-state index is -1.05. The van der Waals surface area contributed by atoms with Gasteiger partial charge in [-0.05, 0) is 18.2 Å². The van der Waals surface area contributed by atoms with Gasteiger partial charge in [-0.1, -0.05) is 15.9 Å². The summed E-state index contributed by atoms with van der Waals surface area (Å²) in [6, 6.07) is 4.25. The van der Waals surface area contributed by atoms with Crippen LogP contribution >= 0.6 is 15.9 Å². The highest BCUT2D eigenvalue weighted by Crippen LogP contribution is 2.31. The molecule has 2 heterocycles. The molecule has 4 N–H and O–H groups in total. The summed E-state index contributed by atoms with van der Waals surface area (Å²) in [4.78, 5) is 15.8. The molecule has 1 aromatic carbocycles. The Kier molecular flexibility index (Phi) is 4.35. The van der Waals surface area contributed by atoms with Gasteiger partial charge in [0.15, 0.2) is 6.29 Å². The predicted molar refractivity (Wildman–Crippen MR) is 91.1 cm³/mol. The molecular weight excluding hydrogens is 386 g/mol. The molecule has 0 saturated carbocycles. The molecule has 7 nitrogen and oxygen atoms in total. The summed E-state index contributed by atoms with van der Waals surface area (Å²) >= 11 is 3.15. The molecule has 3 rings (SSSR count). The average Bonchev–Trinajstić information content (AvgIpc) is 2.96. The summed E-state index contributed by atoms with van der Waals surface area (Å²) in [6.45, 7) is 0. The normalized spacial score (nSPS) is 16.7. The van der Waals surface area contributed by atoms with E-state index < -0.39 is 23.5 Å². The second-order valence-corrected chi connectivity index (χ2v) is 5.99. The molecule has 0 bridgehead atoms. The van der Waals surface area contributed by atoms with E-state index in [1.54, 1.807) is 6.07 Å². The topological polar surface area (TPSA) is 87.7 Å². The van der Waals surface area contributed by atoms with Crippen molar-refractivity contribution in [3.05, 3.63) is 50.9 Å². The Hall–Kier alpha value is -2.30. The molecule has 1 atom stereocenters. The summed E-state index contributed by atoms with van der Waals surface area (Å²) in [5.41, 5.74) is 7.59. The van der Waals surface area contributed by atoms with Gasteiger partial charge in [-0.3, -0.25) is 15.5 Å². The minimum Gasteiger partial charge on any atom is -0.349 e. The Labute approximate surface area is 143 Å². The van der Waals surface area contributed by atoms with Gasteiger partial charge in [-0.15, -0.1) is 0 Å². The molecule has 0 saturated heterocycles. The molecule has 1 aliphatic rings. The number of nitrogens with two attached hydrogens (primary N) is 1. The summed E-state index contributed by atoms with van der Waals surface area (Å²) in [6.07, 6.45) is 2.05. The zero-order valence-corrected chi connectivity index (χ0v) is 14.0. The fraction of sp³-hybridized carbons (Fsp3) is 0.143. The Balaban J connectivity index is 2.10. The lowest BCUT2D eigenvalue weighted by atomic mass is 10.2. The molecule has 0 fully saturated rings. The highest BCUT2D eigenvalue weighted by molar-refractivity contribution is 9.10. The first-order valence-corrected chi connectivity index (χ1v) is 7.61. The van der Waals surface area contributed by atoms with Crippen LogP contribution in [0.25, 0.3) is 0 Å². The van der Waals surface area contributed by atoms with E-state index in [0.29, 0.717) is 4.47 Å². The third-order valence-electron chi connectivity index (χ3n) is 3.36. The molecule has 0 radical (unpaired) electrons. The third kappa shape index (κ3) is 3.03. The first kappa shape index (κ1) is 16.6. The number of benzene rings is 1. The van der Waals surface area contributed by atoms with E-state index in [9.17, 15) is 13.6 Å². The first-order chi connectivity index (χ1) is 11.4. The van der Waals surface area contributed by atoms with E-state index in [4.69, 9.17) is 5.73 Å². The van der Waals surface area contributed by atoms with E-state index >= 15 is 0 Å². The maximum Gasteiger partial charge on any atom is 0.288 e. The van der Waals surface area contributed by atoms with Crippen molar-refractivity contribution in [3.8, 4) is 0 Å². The largest absolute Gasteiger partial charge is 0.349 e. The van der Waals surface area contributed by atoms with Crippen LogP contribution in [0.1, 0.15) is 0 Å². The number of anilines is 3. The molecule has 1 aliphatic heterocycles. The van der Waals surface area contributed by atoms with Crippen LogP contribution in [0.15, 0.2) is 38.7 Å². The molecule has 0 amide bonds. The van der Waals surface area contributed by atoms with E-state index in [-0.39, 0.29) is 17.1 Å². The summed E-state index contributed by atoms with van der Waals surface area (Å²) in [5, 5.41) is 3.98. The van der Waals surface area contributed by atoms with E-state index in [1.165, 1.54) is 36.7 Å². The number of aryl methyl sites for hydroxylation is 1. The van der Waals surface area contributed by atoms with Crippen LogP contribution in [0.5, 0.6) is 0 Å². The average molecular weight is 399 g/mol. The van der Waals surface area contributed by atoms with Crippen molar-refractivity contribution < 1.29 is 8.78 Å². The van der Waals surface area contributed by atoms with Gasteiger partial charge in [0.1, 0.15) is 23.5 Å². The fourth-order valence-electron chi connectivity index (χ4n) is 2.19. The van der Waals surface area contributed by atoms with Gasteiger partial charge in [0.05, 0.1) is 5.69 Å². The third-order valence-corrected chi connectivity index (χ3v) is 3.86. The summed E-state index contributed by atoms with van der Waals surface area (Å²) in [7, 11) is 1.41. The van der Waals surface area contributed by atoms with Gasteiger partial charge in [0.2, 0.25) is 5.82 Å². The van der Waals surface area contributed by atoms with Crippen LogP contribution < -0.4 is 27.0 Å². The molecule has 24 heavy (non-hydrogen) atoms. The number of hydrogen-bond donors (Lipinski definition) is 3. The molecule has 0 aliphatic carbocycles. The van der Waals surface area contributed by atoms with Crippen LogP contribution in [0, 0.1) is 11.6 Å². The van der Waals surface area contributed by atoms with Gasteiger partial charge < -0.3 is 9.88 Å². The maximum absolute atomic E-state index is 14.5. The van der Waals surface area contributed by atoms with E-state index in [2.05, 4.69) is 31.7 Å². The highest BCUT2D eigenvalue weighted by atomic mass is 79.9. The van der Waals surface area contributed by atoms with Gasteiger partial charge in [-0.25, -0.2) is 9.38 Å². The highest BCUT2D eigenvalue weighted by Gasteiger charge is 2.23. The minimum absolute atomic E-state index is 0.0204.